The van der Waals surface area contributed by atoms with Crippen LogP contribution in [0, 0.1) is 5.82 Å². The first-order valence-corrected chi connectivity index (χ1v) is 9.88. The van der Waals surface area contributed by atoms with Gasteiger partial charge in [0.2, 0.25) is 0 Å². The Balaban J connectivity index is 2.05. The Hall–Kier alpha value is -2.44. The Labute approximate surface area is 172 Å². The van der Waals surface area contributed by atoms with Crippen molar-refractivity contribution in [3.8, 4) is 0 Å². The summed E-state index contributed by atoms with van der Waals surface area (Å²) in [5, 5.41) is 23.9. The van der Waals surface area contributed by atoms with E-state index in [1.165, 1.54) is 17.0 Å². The molecule has 2 atom stereocenters. The molecule has 6 heteroatoms. The van der Waals surface area contributed by atoms with E-state index in [1.807, 2.05) is 57.2 Å². The number of aliphatic hydroxyl groups is 1. The second-order valence-electron chi connectivity index (χ2n) is 8.23. The van der Waals surface area contributed by atoms with Crippen LogP contribution in [0.25, 0.3) is 0 Å². The van der Waals surface area contributed by atoms with E-state index in [2.05, 4.69) is 5.32 Å². The van der Waals surface area contributed by atoms with Crippen molar-refractivity contribution in [1.29, 1.82) is 0 Å². The van der Waals surface area contributed by atoms with Crippen LogP contribution in [-0.2, 0) is 12.8 Å². The Morgan fingerprint density at radius 2 is 1.76 bits per heavy atom. The summed E-state index contributed by atoms with van der Waals surface area (Å²) in [7, 11) is 0. The summed E-state index contributed by atoms with van der Waals surface area (Å²) >= 11 is 0. The van der Waals surface area contributed by atoms with Gasteiger partial charge in [0.1, 0.15) is 5.82 Å². The molecule has 0 aliphatic heterocycles. The highest BCUT2D eigenvalue weighted by Crippen LogP contribution is 2.22. The zero-order valence-corrected chi connectivity index (χ0v) is 17.3. The van der Waals surface area contributed by atoms with E-state index in [0.29, 0.717) is 19.4 Å². The number of halogens is 1. The molecule has 0 unspecified atom stereocenters. The van der Waals surface area contributed by atoms with Crippen molar-refractivity contribution in [3.63, 3.8) is 0 Å². The molecule has 3 N–H and O–H groups in total. The van der Waals surface area contributed by atoms with Crippen molar-refractivity contribution < 1.29 is 19.4 Å². The Morgan fingerprint density at radius 3 is 2.34 bits per heavy atom. The molecule has 2 rings (SSSR count). The van der Waals surface area contributed by atoms with Crippen LogP contribution >= 0.6 is 0 Å². The van der Waals surface area contributed by atoms with Gasteiger partial charge in [0.15, 0.2) is 0 Å². The summed E-state index contributed by atoms with van der Waals surface area (Å²) in [6, 6.07) is 15.4. The fourth-order valence-electron chi connectivity index (χ4n) is 3.49. The number of nitrogens with zero attached hydrogens (tertiary/aromatic N) is 1. The van der Waals surface area contributed by atoms with Crippen molar-refractivity contribution in [3.05, 3.63) is 71.5 Å². The molecule has 0 saturated carbocycles. The van der Waals surface area contributed by atoms with Crippen LogP contribution < -0.4 is 5.32 Å². The average Bonchev–Trinajstić information content (AvgIpc) is 2.64. The average molecular weight is 403 g/mol. The largest absolute Gasteiger partial charge is 0.465 e. The number of rotatable bonds is 9. The highest BCUT2D eigenvalue weighted by atomic mass is 19.1. The lowest BCUT2D eigenvalue weighted by Crippen LogP contribution is -2.58. The third kappa shape index (κ3) is 7.15. The lowest BCUT2D eigenvalue weighted by molar-refractivity contribution is 0.00792. The molecule has 2 aromatic rings. The summed E-state index contributed by atoms with van der Waals surface area (Å²) in [6.07, 6.45) is -0.914. The maximum Gasteiger partial charge on any atom is 0.408 e. The number of hydrogen-bond acceptors (Lipinski definition) is 3. The number of benzene rings is 2. The van der Waals surface area contributed by atoms with Gasteiger partial charge in [-0.15, -0.1) is 0 Å². The molecular weight excluding hydrogens is 371 g/mol. The minimum absolute atomic E-state index is 0.243. The highest BCUT2D eigenvalue weighted by molar-refractivity contribution is 5.66. The molecule has 5 nitrogen and oxygen atoms in total. The SMILES string of the molecule is CC(C)(C)N(C(=O)O)[C@@H](Cc1ccccc1)[C@H](O)CNCCc1cccc(F)c1. The maximum atomic E-state index is 13.3. The Bertz CT molecular complexity index is 777. The molecule has 0 fully saturated rings. The molecule has 0 radical (unpaired) electrons. The van der Waals surface area contributed by atoms with Gasteiger partial charge in [0, 0.05) is 12.1 Å². The van der Waals surface area contributed by atoms with Gasteiger partial charge in [0.25, 0.3) is 0 Å². The van der Waals surface area contributed by atoms with Crippen molar-refractivity contribution in [2.24, 2.45) is 0 Å². The number of amides is 1. The molecule has 2 aromatic carbocycles. The van der Waals surface area contributed by atoms with Crippen LogP contribution in [0.15, 0.2) is 54.6 Å². The lowest BCUT2D eigenvalue weighted by atomic mass is 9.94. The number of carboxylic acid groups (broad SMARTS) is 1. The summed E-state index contributed by atoms with van der Waals surface area (Å²) in [5.41, 5.74) is 1.18. The molecule has 0 heterocycles. The van der Waals surface area contributed by atoms with Crippen LogP contribution in [-0.4, -0.2) is 52.0 Å². The van der Waals surface area contributed by atoms with E-state index < -0.39 is 23.8 Å². The maximum absolute atomic E-state index is 13.3. The number of aliphatic hydroxyl groups excluding tert-OH is 1. The van der Waals surface area contributed by atoms with Crippen molar-refractivity contribution in [2.45, 2.75) is 51.3 Å². The molecule has 0 aliphatic carbocycles. The van der Waals surface area contributed by atoms with Crippen molar-refractivity contribution in [1.82, 2.24) is 10.2 Å². The summed E-state index contributed by atoms with van der Waals surface area (Å²) in [4.78, 5) is 13.3. The van der Waals surface area contributed by atoms with Crippen LogP contribution in [0.4, 0.5) is 9.18 Å². The monoisotopic (exact) mass is 402 g/mol. The van der Waals surface area contributed by atoms with E-state index in [1.54, 1.807) is 6.07 Å². The van der Waals surface area contributed by atoms with Gasteiger partial charge in [-0.1, -0.05) is 42.5 Å². The van der Waals surface area contributed by atoms with Crippen LogP contribution in [0.3, 0.4) is 0 Å². The minimum atomic E-state index is -1.06. The second kappa shape index (κ2) is 10.4. The van der Waals surface area contributed by atoms with Crippen LogP contribution in [0.1, 0.15) is 31.9 Å². The first kappa shape index (κ1) is 22.8. The van der Waals surface area contributed by atoms with Crippen LogP contribution in [0.5, 0.6) is 0 Å². The molecular formula is C23H31FN2O3. The zero-order chi connectivity index (χ0) is 21.4. The van der Waals surface area contributed by atoms with E-state index in [0.717, 1.165) is 11.1 Å². The Morgan fingerprint density at radius 1 is 1.10 bits per heavy atom. The molecule has 1 amide bonds. The molecule has 0 saturated heterocycles. The first-order chi connectivity index (χ1) is 13.7. The highest BCUT2D eigenvalue weighted by Gasteiger charge is 2.37. The molecule has 0 spiro atoms. The first-order valence-electron chi connectivity index (χ1n) is 9.88. The van der Waals surface area contributed by atoms with Gasteiger partial charge in [-0.2, -0.15) is 0 Å². The van der Waals surface area contributed by atoms with E-state index >= 15 is 0 Å². The van der Waals surface area contributed by atoms with Gasteiger partial charge < -0.3 is 15.5 Å². The van der Waals surface area contributed by atoms with Crippen molar-refractivity contribution in [2.75, 3.05) is 13.1 Å². The second-order valence-corrected chi connectivity index (χ2v) is 8.23. The third-order valence-corrected chi connectivity index (χ3v) is 4.83. The van der Waals surface area contributed by atoms with Crippen molar-refractivity contribution >= 4 is 6.09 Å². The van der Waals surface area contributed by atoms with Gasteiger partial charge in [-0.05, 0) is 63.4 Å². The number of hydrogen-bond donors (Lipinski definition) is 3. The molecule has 158 valence electrons. The van der Waals surface area contributed by atoms with Gasteiger partial charge in [-0.25, -0.2) is 9.18 Å². The molecule has 29 heavy (non-hydrogen) atoms. The predicted octanol–water partition coefficient (Wildman–Crippen LogP) is 3.71. The van der Waals surface area contributed by atoms with Gasteiger partial charge >= 0.3 is 6.09 Å². The fraction of sp³-hybridized carbons (Fsp3) is 0.435. The third-order valence-electron chi connectivity index (χ3n) is 4.83. The quantitative estimate of drug-likeness (QED) is 0.559. The normalized spacial score (nSPS) is 13.7. The fourth-order valence-corrected chi connectivity index (χ4v) is 3.49. The summed E-state index contributed by atoms with van der Waals surface area (Å²) < 4.78 is 13.3. The van der Waals surface area contributed by atoms with Gasteiger partial charge in [-0.3, -0.25) is 4.90 Å². The standard InChI is InChI=1S/C23H31FN2O3/c1-23(2,3)26(22(28)29)20(15-17-8-5-4-6-9-17)21(27)16-25-13-12-18-10-7-11-19(24)14-18/h4-11,14,20-21,25,27H,12-13,15-16H2,1-3H3,(H,28,29)/t20-,21+/m0/s1. The Kier molecular flexibility index (Phi) is 8.17. The smallest absolute Gasteiger partial charge is 0.408 e. The number of nitrogens with one attached hydrogen (secondary N) is 1. The topological polar surface area (TPSA) is 72.8 Å². The van der Waals surface area contributed by atoms with Crippen LogP contribution in [0.2, 0.25) is 0 Å². The van der Waals surface area contributed by atoms with E-state index in [-0.39, 0.29) is 12.4 Å². The number of carbonyl (C=O) groups is 1. The minimum Gasteiger partial charge on any atom is -0.465 e. The van der Waals surface area contributed by atoms with Gasteiger partial charge in [0.05, 0.1) is 12.1 Å². The molecule has 0 bridgehead atoms. The summed E-state index contributed by atoms with van der Waals surface area (Å²) in [5.74, 6) is -0.271. The summed E-state index contributed by atoms with van der Waals surface area (Å²) in [6.45, 7) is 6.27. The van der Waals surface area contributed by atoms with E-state index in [9.17, 15) is 19.4 Å². The molecule has 0 aliphatic rings. The lowest BCUT2D eigenvalue weighted by Gasteiger charge is -2.42. The molecule has 0 aromatic heterocycles. The zero-order valence-electron chi connectivity index (χ0n) is 17.3. The van der Waals surface area contributed by atoms with E-state index in [4.69, 9.17) is 0 Å². The predicted molar refractivity (Wildman–Crippen MR) is 113 cm³/mol.